The number of rotatable bonds is 5. The molecule has 2 amide bonds. The van der Waals surface area contributed by atoms with Crippen molar-refractivity contribution in [2.75, 3.05) is 13.2 Å². The molecule has 7 nitrogen and oxygen atoms in total. The van der Waals surface area contributed by atoms with Crippen LogP contribution in [0.25, 0.3) is 10.8 Å². The fourth-order valence-corrected chi connectivity index (χ4v) is 2.65. The second-order valence-corrected chi connectivity index (χ2v) is 7.36. The lowest BCUT2D eigenvalue weighted by Crippen LogP contribution is -2.46. The Morgan fingerprint density at radius 3 is 2.37 bits per heavy atom. The second-order valence-electron chi connectivity index (χ2n) is 6.95. The first-order chi connectivity index (χ1) is 12.6. The normalized spacial score (nSPS) is 11.1. The molecule has 0 aliphatic rings. The van der Waals surface area contributed by atoms with Gasteiger partial charge in [0.05, 0.1) is 6.54 Å². The Balaban J connectivity index is 1.96. The first-order valence-electron chi connectivity index (χ1n) is 8.23. The maximum Gasteiger partial charge on any atom is 0.342 e. The van der Waals surface area contributed by atoms with Gasteiger partial charge in [-0.05, 0) is 26.8 Å². The van der Waals surface area contributed by atoms with Crippen molar-refractivity contribution >= 4 is 40.2 Å². The van der Waals surface area contributed by atoms with Gasteiger partial charge in [-0.1, -0.05) is 35.9 Å². The van der Waals surface area contributed by atoms with Crippen LogP contribution in [-0.2, 0) is 14.3 Å². The number of amides is 2. The minimum Gasteiger partial charge on any atom is -0.506 e. The van der Waals surface area contributed by atoms with Crippen molar-refractivity contribution in [3.8, 4) is 5.75 Å². The van der Waals surface area contributed by atoms with Gasteiger partial charge >= 0.3 is 5.97 Å². The van der Waals surface area contributed by atoms with Crippen molar-refractivity contribution in [3.63, 3.8) is 0 Å². The highest BCUT2D eigenvalue weighted by Crippen LogP contribution is 2.34. The molecule has 2 aromatic rings. The first-order valence-corrected chi connectivity index (χ1v) is 8.61. The van der Waals surface area contributed by atoms with Gasteiger partial charge in [-0.15, -0.1) is 0 Å². The van der Waals surface area contributed by atoms with Crippen molar-refractivity contribution in [1.82, 2.24) is 10.6 Å². The predicted molar refractivity (Wildman–Crippen MR) is 102 cm³/mol. The van der Waals surface area contributed by atoms with Gasteiger partial charge in [0.25, 0.3) is 5.91 Å². The number of phenolic OH excluding ortho intramolecular Hbond substituents is 1. The molecule has 0 fully saturated rings. The highest BCUT2D eigenvalue weighted by molar-refractivity contribution is 6.36. The van der Waals surface area contributed by atoms with E-state index in [1.54, 1.807) is 24.3 Å². The van der Waals surface area contributed by atoms with E-state index in [-0.39, 0.29) is 28.8 Å². The van der Waals surface area contributed by atoms with Gasteiger partial charge in [0.2, 0.25) is 5.91 Å². The van der Waals surface area contributed by atoms with Gasteiger partial charge in [0, 0.05) is 21.3 Å². The lowest BCUT2D eigenvalue weighted by atomic mass is 10.1. The first kappa shape index (κ1) is 20.5. The molecule has 0 saturated carbocycles. The van der Waals surface area contributed by atoms with Crippen LogP contribution < -0.4 is 10.6 Å². The number of carbonyl (C=O) groups is 3. The Labute approximate surface area is 161 Å². The number of fused-ring (bicyclic) bond motifs is 1. The Kier molecular flexibility index (Phi) is 6.28. The van der Waals surface area contributed by atoms with Crippen LogP contribution in [0.3, 0.4) is 0 Å². The quantitative estimate of drug-likeness (QED) is 0.677. The average molecular weight is 393 g/mol. The molecular formula is C19H21ClN2O5. The highest BCUT2D eigenvalue weighted by atomic mass is 35.5. The zero-order valence-corrected chi connectivity index (χ0v) is 16.0. The van der Waals surface area contributed by atoms with E-state index in [2.05, 4.69) is 10.6 Å². The van der Waals surface area contributed by atoms with Crippen LogP contribution >= 0.6 is 11.6 Å². The van der Waals surface area contributed by atoms with Gasteiger partial charge in [-0.3, -0.25) is 9.59 Å². The van der Waals surface area contributed by atoms with Crippen LogP contribution in [0.15, 0.2) is 30.3 Å². The summed E-state index contributed by atoms with van der Waals surface area (Å²) in [6.07, 6.45) is 0. The van der Waals surface area contributed by atoms with E-state index in [4.69, 9.17) is 16.3 Å². The summed E-state index contributed by atoms with van der Waals surface area (Å²) in [6.45, 7) is 4.62. The average Bonchev–Trinajstić information content (AvgIpc) is 2.59. The number of phenols is 1. The SMILES string of the molecule is CC(C)(C)NC(=O)CNC(=O)COC(=O)c1cc(Cl)c2ccccc2c1O. The smallest absolute Gasteiger partial charge is 0.342 e. The van der Waals surface area contributed by atoms with E-state index in [1.807, 2.05) is 20.8 Å². The van der Waals surface area contributed by atoms with Crippen molar-refractivity contribution in [3.05, 3.63) is 40.9 Å². The lowest BCUT2D eigenvalue weighted by Gasteiger charge is -2.20. The number of ether oxygens (including phenoxy) is 1. The van der Waals surface area contributed by atoms with Gasteiger partial charge in [-0.25, -0.2) is 4.79 Å². The van der Waals surface area contributed by atoms with Crippen LogP contribution in [0.4, 0.5) is 0 Å². The zero-order chi connectivity index (χ0) is 20.2. The summed E-state index contributed by atoms with van der Waals surface area (Å²) >= 11 is 6.14. The third kappa shape index (κ3) is 5.59. The molecule has 2 rings (SSSR count). The van der Waals surface area contributed by atoms with Crippen LogP contribution in [0.5, 0.6) is 5.75 Å². The molecule has 0 spiro atoms. The van der Waals surface area contributed by atoms with Crippen LogP contribution in [-0.4, -0.2) is 41.6 Å². The second kappa shape index (κ2) is 8.26. The van der Waals surface area contributed by atoms with Gasteiger partial charge in [0.1, 0.15) is 11.3 Å². The maximum atomic E-state index is 12.2. The number of nitrogens with one attached hydrogen (secondary N) is 2. The minimum absolute atomic E-state index is 0.142. The number of aromatic hydroxyl groups is 1. The Morgan fingerprint density at radius 2 is 1.74 bits per heavy atom. The molecule has 0 radical (unpaired) electrons. The summed E-state index contributed by atoms with van der Waals surface area (Å²) in [5.74, 6) is -2.17. The monoisotopic (exact) mass is 392 g/mol. The number of benzene rings is 2. The summed E-state index contributed by atoms with van der Waals surface area (Å²) < 4.78 is 4.91. The largest absolute Gasteiger partial charge is 0.506 e. The summed E-state index contributed by atoms with van der Waals surface area (Å²) in [6, 6.07) is 8.07. The molecule has 0 aromatic heterocycles. The fourth-order valence-electron chi connectivity index (χ4n) is 2.37. The van der Waals surface area contributed by atoms with Crippen molar-refractivity contribution in [2.45, 2.75) is 26.3 Å². The molecule has 0 heterocycles. The van der Waals surface area contributed by atoms with Crippen molar-refractivity contribution < 1.29 is 24.2 Å². The summed E-state index contributed by atoms with van der Waals surface area (Å²) in [5, 5.41) is 16.6. The van der Waals surface area contributed by atoms with E-state index < -0.39 is 24.0 Å². The highest BCUT2D eigenvalue weighted by Gasteiger charge is 2.19. The van der Waals surface area contributed by atoms with E-state index >= 15 is 0 Å². The number of hydrogen-bond acceptors (Lipinski definition) is 5. The molecule has 8 heteroatoms. The van der Waals surface area contributed by atoms with E-state index in [0.717, 1.165) is 0 Å². The molecule has 0 unspecified atom stereocenters. The molecule has 2 aromatic carbocycles. The number of hydrogen-bond donors (Lipinski definition) is 3. The van der Waals surface area contributed by atoms with Crippen molar-refractivity contribution in [1.29, 1.82) is 0 Å². The van der Waals surface area contributed by atoms with Crippen LogP contribution in [0.2, 0.25) is 5.02 Å². The van der Waals surface area contributed by atoms with Crippen LogP contribution in [0, 0.1) is 0 Å². The lowest BCUT2D eigenvalue weighted by molar-refractivity contribution is -0.128. The fraction of sp³-hybridized carbons (Fsp3) is 0.316. The molecular weight excluding hydrogens is 372 g/mol. The van der Waals surface area contributed by atoms with E-state index in [0.29, 0.717) is 10.8 Å². The number of carbonyl (C=O) groups excluding carboxylic acids is 3. The molecule has 27 heavy (non-hydrogen) atoms. The standard InChI is InChI=1S/C19H21ClN2O5/c1-19(2,3)22-15(23)9-21-16(24)10-27-18(26)13-8-14(20)11-6-4-5-7-12(11)17(13)25/h4-8,25H,9-10H2,1-3H3,(H,21,24)(H,22,23). The molecule has 144 valence electrons. The Bertz CT molecular complexity index is 890. The van der Waals surface area contributed by atoms with Crippen molar-refractivity contribution in [2.24, 2.45) is 0 Å². The molecule has 0 atom stereocenters. The number of halogens is 1. The molecule has 0 aliphatic carbocycles. The predicted octanol–water partition coefficient (Wildman–Crippen LogP) is 2.39. The topological polar surface area (TPSA) is 105 Å². The minimum atomic E-state index is -0.894. The summed E-state index contributed by atoms with van der Waals surface area (Å²) in [5.41, 5.74) is -0.557. The summed E-state index contributed by atoms with van der Waals surface area (Å²) in [4.78, 5) is 35.6. The third-order valence-corrected chi connectivity index (χ3v) is 3.79. The molecule has 0 aliphatic heterocycles. The third-order valence-electron chi connectivity index (χ3n) is 3.48. The summed E-state index contributed by atoms with van der Waals surface area (Å²) in [7, 11) is 0. The van der Waals surface area contributed by atoms with Gasteiger partial charge in [-0.2, -0.15) is 0 Å². The molecule has 0 bridgehead atoms. The zero-order valence-electron chi connectivity index (χ0n) is 15.3. The maximum absolute atomic E-state index is 12.2. The number of esters is 1. The Hall–Kier alpha value is -2.80. The van der Waals surface area contributed by atoms with Gasteiger partial charge < -0.3 is 20.5 Å². The molecule has 0 saturated heterocycles. The Morgan fingerprint density at radius 1 is 1.11 bits per heavy atom. The van der Waals surface area contributed by atoms with E-state index in [9.17, 15) is 19.5 Å². The van der Waals surface area contributed by atoms with Gasteiger partial charge in [0.15, 0.2) is 6.61 Å². The van der Waals surface area contributed by atoms with Crippen LogP contribution in [0.1, 0.15) is 31.1 Å². The molecule has 3 N–H and O–H groups in total. The van der Waals surface area contributed by atoms with E-state index in [1.165, 1.54) is 6.07 Å².